The lowest BCUT2D eigenvalue weighted by atomic mass is 10.2. The maximum atomic E-state index is 5.88. The summed E-state index contributed by atoms with van der Waals surface area (Å²) in [5.74, 6) is 1.66. The molecule has 3 aromatic rings. The van der Waals surface area contributed by atoms with Gasteiger partial charge in [-0.25, -0.2) is 4.98 Å². The number of rotatable bonds is 5. The van der Waals surface area contributed by atoms with Crippen molar-refractivity contribution in [1.82, 2.24) is 9.55 Å². The number of imidazole rings is 1. The van der Waals surface area contributed by atoms with Crippen molar-refractivity contribution in [3.05, 3.63) is 71.5 Å². The number of fused-ring (bicyclic) bond motifs is 1. The van der Waals surface area contributed by atoms with E-state index in [1.165, 1.54) is 0 Å². The lowest BCUT2D eigenvalue weighted by molar-refractivity contribution is 0.291. The molecule has 0 saturated heterocycles. The molecule has 2 aromatic carbocycles. The van der Waals surface area contributed by atoms with Gasteiger partial charge >= 0.3 is 0 Å². The second kappa shape index (κ2) is 6.24. The average Bonchev–Trinajstić information content (AvgIpc) is 2.87. The number of halogens is 1. The number of nitrogens with zero attached hydrogens (tertiary/aromatic N) is 2. The number of aryl methyl sites for hydroxylation is 1. The first-order valence-electron chi connectivity index (χ1n) is 7.13. The van der Waals surface area contributed by atoms with E-state index in [9.17, 15) is 0 Å². The fraction of sp³-hybridized carbons (Fsp3) is 0.167. The molecule has 112 valence electrons. The van der Waals surface area contributed by atoms with Crippen LogP contribution in [0.15, 0.2) is 55.1 Å². The van der Waals surface area contributed by atoms with E-state index in [2.05, 4.69) is 30.2 Å². The highest BCUT2D eigenvalue weighted by Crippen LogP contribution is 2.22. The summed E-state index contributed by atoms with van der Waals surface area (Å²) in [5, 5.41) is 0.696. The van der Waals surface area contributed by atoms with Crippen LogP contribution in [0.4, 0.5) is 0 Å². The zero-order valence-corrected chi connectivity index (χ0v) is 13.2. The Bertz CT molecular complexity index is 806. The number of allylic oxidation sites excluding steroid dienone is 1. The minimum absolute atomic E-state index is 0.406. The molecule has 1 aromatic heterocycles. The molecule has 0 amide bonds. The van der Waals surface area contributed by atoms with E-state index in [1.807, 2.05) is 36.4 Å². The number of benzene rings is 2. The van der Waals surface area contributed by atoms with Gasteiger partial charge in [0.1, 0.15) is 18.2 Å². The zero-order chi connectivity index (χ0) is 15.5. The van der Waals surface area contributed by atoms with E-state index in [0.717, 1.165) is 28.2 Å². The van der Waals surface area contributed by atoms with Crippen LogP contribution in [0.2, 0.25) is 5.02 Å². The maximum absolute atomic E-state index is 5.88. The van der Waals surface area contributed by atoms with Crippen LogP contribution in [-0.2, 0) is 13.2 Å². The van der Waals surface area contributed by atoms with Crippen molar-refractivity contribution in [3.8, 4) is 5.75 Å². The Balaban J connectivity index is 1.92. The predicted octanol–water partition coefficient (Wildman–Crippen LogP) is 4.76. The molecule has 4 heteroatoms. The van der Waals surface area contributed by atoms with Crippen molar-refractivity contribution >= 4 is 22.6 Å². The Morgan fingerprint density at radius 1 is 1.23 bits per heavy atom. The van der Waals surface area contributed by atoms with Crippen molar-refractivity contribution in [2.24, 2.45) is 0 Å². The Kier molecular flexibility index (Phi) is 4.16. The summed E-state index contributed by atoms with van der Waals surface area (Å²) in [6, 6.07) is 13.5. The van der Waals surface area contributed by atoms with Gasteiger partial charge in [0.2, 0.25) is 0 Å². The summed E-state index contributed by atoms with van der Waals surface area (Å²) in [6.07, 6.45) is 1.87. The topological polar surface area (TPSA) is 27.1 Å². The largest absolute Gasteiger partial charge is 0.486 e. The van der Waals surface area contributed by atoms with Gasteiger partial charge in [0.05, 0.1) is 11.0 Å². The third kappa shape index (κ3) is 2.85. The lowest BCUT2D eigenvalue weighted by Crippen LogP contribution is -2.06. The van der Waals surface area contributed by atoms with E-state index < -0.39 is 0 Å². The zero-order valence-electron chi connectivity index (χ0n) is 12.4. The van der Waals surface area contributed by atoms with Gasteiger partial charge in [-0.3, -0.25) is 0 Å². The fourth-order valence-electron chi connectivity index (χ4n) is 2.46. The van der Waals surface area contributed by atoms with Crippen LogP contribution in [0.5, 0.6) is 5.75 Å². The van der Waals surface area contributed by atoms with Crippen molar-refractivity contribution in [2.45, 2.75) is 20.1 Å². The monoisotopic (exact) mass is 312 g/mol. The first kappa shape index (κ1) is 14.7. The highest BCUT2D eigenvalue weighted by atomic mass is 35.5. The van der Waals surface area contributed by atoms with Gasteiger partial charge in [-0.2, -0.15) is 0 Å². The quantitative estimate of drug-likeness (QED) is 0.635. The van der Waals surface area contributed by atoms with Gasteiger partial charge in [0, 0.05) is 11.6 Å². The minimum atomic E-state index is 0.406. The van der Waals surface area contributed by atoms with Gasteiger partial charge < -0.3 is 9.30 Å². The molecular weight excluding hydrogens is 296 g/mol. The molecule has 0 radical (unpaired) electrons. The maximum Gasteiger partial charge on any atom is 0.148 e. The molecule has 0 atom stereocenters. The highest BCUT2D eigenvalue weighted by molar-refractivity contribution is 6.30. The average molecular weight is 313 g/mol. The summed E-state index contributed by atoms with van der Waals surface area (Å²) >= 11 is 5.88. The van der Waals surface area contributed by atoms with Crippen LogP contribution in [0.25, 0.3) is 11.0 Å². The fourth-order valence-corrected chi connectivity index (χ4v) is 2.58. The molecule has 0 aliphatic heterocycles. The number of aromatic nitrogens is 2. The predicted molar refractivity (Wildman–Crippen MR) is 90.5 cm³/mol. The number of hydrogen-bond acceptors (Lipinski definition) is 2. The van der Waals surface area contributed by atoms with Crippen molar-refractivity contribution in [1.29, 1.82) is 0 Å². The summed E-state index contributed by atoms with van der Waals surface area (Å²) < 4.78 is 7.96. The molecule has 22 heavy (non-hydrogen) atoms. The van der Waals surface area contributed by atoms with E-state index in [0.29, 0.717) is 18.2 Å². The summed E-state index contributed by atoms with van der Waals surface area (Å²) in [4.78, 5) is 4.73. The second-order valence-electron chi connectivity index (χ2n) is 5.11. The normalized spacial score (nSPS) is 10.8. The number of hydrogen-bond donors (Lipinski definition) is 0. The summed E-state index contributed by atoms with van der Waals surface area (Å²) in [7, 11) is 0. The smallest absolute Gasteiger partial charge is 0.148 e. The molecule has 0 saturated carbocycles. The highest BCUT2D eigenvalue weighted by Gasteiger charge is 2.11. The Morgan fingerprint density at radius 2 is 2.00 bits per heavy atom. The third-order valence-electron chi connectivity index (χ3n) is 3.55. The molecule has 3 rings (SSSR count). The standard InChI is InChI=1S/C18H17ClN2O/c1-3-11-21-16-6-4-5-13(2)18(16)20-17(21)12-22-15-9-7-14(19)8-10-15/h3-10H,1,11-12H2,2H3. The number of para-hydroxylation sites is 1. The van der Waals surface area contributed by atoms with Crippen molar-refractivity contribution in [2.75, 3.05) is 0 Å². The van der Waals surface area contributed by atoms with Crippen molar-refractivity contribution in [3.63, 3.8) is 0 Å². The Morgan fingerprint density at radius 3 is 2.73 bits per heavy atom. The van der Waals surface area contributed by atoms with Crippen LogP contribution in [0.3, 0.4) is 0 Å². The molecular formula is C18H17ClN2O. The molecule has 0 aliphatic carbocycles. The summed E-state index contributed by atoms with van der Waals surface area (Å²) in [6.45, 7) is 7.01. The summed E-state index contributed by atoms with van der Waals surface area (Å²) in [5.41, 5.74) is 3.28. The van der Waals surface area contributed by atoms with E-state index in [4.69, 9.17) is 21.3 Å². The van der Waals surface area contributed by atoms with Gasteiger partial charge in [0.15, 0.2) is 0 Å². The van der Waals surface area contributed by atoms with Gasteiger partial charge in [0.25, 0.3) is 0 Å². The van der Waals surface area contributed by atoms with E-state index >= 15 is 0 Å². The van der Waals surface area contributed by atoms with E-state index in [-0.39, 0.29) is 0 Å². The van der Waals surface area contributed by atoms with Crippen LogP contribution in [0, 0.1) is 6.92 Å². The Labute approximate surface area is 134 Å². The van der Waals surface area contributed by atoms with Crippen molar-refractivity contribution < 1.29 is 4.74 Å². The first-order valence-corrected chi connectivity index (χ1v) is 7.51. The molecule has 0 spiro atoms. The molecule has 0 unspecified atom stereocenters. The molecule has 0 aliphatic rings. The second-order valence-corrected chi connectivity index (χ2v) is 5.55. The molecule has 1 heterocycles. The van der Waals surface area contributed by atoms with E-state index in [1.54, 1.807) is 0 Å². The lowest BCUT2D eigenvalue weighted by Gasteiger charge is -2.08. The van der Waals surface area contributed by atoms with Gasteiger partial charge in [-0.15, -0.1) is 6.58 Å². The minimum Gasteiger partial charge on any atom is -0.486 e. The van der Waals surface area contributed by atoms with Crippen LogP contribution in [0.1, 0.15) is 11.4 Å². The molecule has 0 fully saturated rings. The Hall–Kier alpha value is -2.26. The third-order valence-corrected chi connectivity index (χ3v) is 3.80. The molecule has 0 bridgehead atoms. The molecule has 0 N–H and O–H groups in total. The SMILES string of the molecule is C=CCn1c(COc2ccc(Cl)cc2)nc2c(C)cccc21. The molecule has 3 nitrogen and oxygen atoms in total. The van der Waals surface area contributed by atoms with Crippen LogP contribution < -0.4 is 4.74 Å². The first-order chi connectivity index (χ1) is 10.7. The number of ether oxygens (including phenoxy) is 1. The van der Waals surface area contributed by atoms with Gasteiger partial charge in [-0.05, 0) is 42.8 Å². The van der Waals surface area contributed by atoms with Crippen LogP contribution in [-0.4, -0.2) is 9.55 Å². The van der Waals surface area contributed by atoms with Gasteiger partial charge in [-0.1, -0.05) is 29.8 Å². The van der Waals surface area contributed by atoms with Crippen LogP contribution >= 0.6 is 11.6 Å².